The number of nitrogens with one attached hydrogen (secondary N) is 1. The second-order valence-electron chi connectivity index (χ2n) is 10.7. The van der Waals surface area contributed by atoms with Crippen LogP contribution in [-0.4, -0.2) is 64.7 Å². The highest BCUT2D eigenvalue weighted by Gasteiger charge is 2.33. The van der Waals surface area contributed by atoms with Crippen LogP contribution in [0.3, 0.4) is 0 Å². The zero-order valence-electron chi connectivity index (χ0n) is 22.2. The van der Waals surface area contributed by atoms with Crippen LogP contribution in [0.15, 0.2) is 18.2 Å². The van der Waals surface area contributed by atoms with Gasteiger partial charge in [0, 0.05) is 25.8 Å². The van der Waals surface area contributed by atoms with E-state index in [-0.39, 0.29) is 48.3 Å². The summed E-state index contributed by atoms with van der Waals surface area (Å²) in [6.07, 6.45) is 0.695. The van der Waals surface area contributed by atoms with Crippen molar-refractivity contribution in [2.24, 2.45) is 23.7 Å². The summed E-state index contributed by atoms with van der Waals surface area (Å²) in [5.41, 5.74) is 0.759. The van der Waals surface area contributed by atoms with Gasteiger partial charge in [-0.1, -0.05) is 40.7 Å². The lowest BCUT2D eigenvalue weighted by Gasteiger charge is -2.32. The maximum absolute atomic E-state index is 13.5. The molecule has 202 valence electrons. The van der Waals surface area contributed by atoms with Crippen LogP contribution in [0.5, 0.6) is 5.75 Å². The lowest BCUT2D eigenvalue weighted by Crippen LogP contribution is -2.50. The first kappa shape index (κ1) is 30.3. The summed E-state index contributed by atoms with van der Waals surface area (Å²) >= 11 is 2.01. The number of hydrogen-bond acceptors (Lipinski definition) is 6. The van der Waals surface area contributed by atoms with Gasteiger partial charge in [0.25, 0.3) is 0 Å². The Morgan fingerprint density at radius 2 is 1.81 bits per heavy atom. The fourth-order valence-electron chi connectivity index (χ4n) is 4.67. The third-order valence-corrected chi connectivity index (χ3v) is 7.97. The number of benzene rings is 1. The fourth-order valence-corrected chi connectivity index (χ4v) is 5.25. The van der Waals surface area contributed by atoms with Crippen LogP contribution >= 0.6 is 22.6 Å². The quantitative estimate of drug-likeness (QED) is 0.354. The Morgan fingerprint density at radius 1 is 1.14 bits per heavy atom. The minimum absolute atomic E-state index is 0.0253. The summed E-state index contributed by atoms with van der Waals surface area (Å²) in [6, 6.07) is 4.09. The molecule has 9 heteroatoms. The molecule has 0 aliphatic carbocycles. The molecule has 2 rings (SSSR count). The molecule has 0 bridgehead atoms. The van der Waals surface area contributed by atoms with E-state index < -0.39 is 30.1 Å². The normalized spacial score (nSPS) is 29.7. The second-order valence-corrected chi connectivity index (χ2v) is 11.9. The molecule has 3 N–H and O–H groups in total. The van der Waals surface area contributed by atoms with E-state index in [1.807, 2.05) is 50.3 Å². The van der Waals surface area contributed by atoms with E-state index >= 15 is 0 Å². The first-order valence-electron chi connectivity index (χ1n) is 12.7. The third kappa shape index (κ3) is 8.61. The number of aliphatic hydroxyl groups excluding tert-OH is 1. The number of aromatic hydroxyl groups is 1. The number of likely N-dealkylation sites (N-methyl/N-ethyl adjacent to an activating group) is 1. The Labute approximate surface area is 228 Å². The largest absolute Gasteiger partial charge is 0.507 e. The third-order valence-electron chi connectivity index (χ3n) is 7.11. The molecule has 0 saturated carbocycles. The minimum Gasteiger partial charge on any atom is -0.507 e. The molecule has 0 spiro atoms. The van der Waals surface area contributed by atoms with Gasteiger partial charge < -0.3 is 25.2 Å². The molecule has 2 amide bonds. The number of carbonyl (C=O) groups is 3. The predicted octanol–water partition coefficient (Wildman–Crippen LogP) is 3.50. The number of phenolic OH excluding ortho intramolecular Hbond substituents is 1. The van der Waals surface area contributed by atoms with E-state index in [0.29, 0.717) is 16.4 Å². The molecule has 1 saturated heterocycles. The summed E-state index contributed by atoms with van der Waals surface area (Å²) in [4.78, 5) is 40.4. The molecule has 0 aromatic heterocycles. The van der Waals surface area contributed by atoms with Crippen molar-refractivity contribution in [2.75, 3.05) is 13.6 Å². The van der Waals surface area contributed by atoms with Gasteiger partial charge in [0.1, 0.15) is 17.9 Å². The molecule has 1 aromatic carbocycles. The van der Waals surface area contributed by atoms with Gasteiger partial charge in [-0.05, 0) is 70.9 Å². The van der Waals surface area contributed by atoms with Crippen molar-refractivity contribution < 1.29 is 29.3 Å². The molecule has 0 radical (unpaired) electrons. The highest BCUT2D eigenvalue weighted by molar-refractivity contribution is 14.1. The summed E-state index contributed by atoms with van der Waals surface area (Å²) in [5, 5.41) is 23.5. The molecular weight excluding hydrogens is 575 g/mol. The van der Waals surface area contributed by atoms with Crippen molar-refractivity contribution in [1.82, 2.24) is 10.2 Å². The van der Waals surface area contributed by atoms with Crippen molar-refractivity contribution >= 4 is 40.4 Å². The highest BCUT2D eigenvalue weighted by Crippen LogP contribution is 2.27. The lowest BCUT2D eigenvalue weighted by molar-refractivity contribution is -0.162. The Bertz CT molecular complexity index is 924. The van der Waals surface area contributed by atoms with Crippen molar-refractivity contribution in [3.8, 4) is 5.75 Å². The van der Waals surface area contributed by atoms with Gasteiger partial charge in [-0.15, -0.1) is 0 Å². The summed E-state index contributed by atoms with van der Waals surface area (Å²) in [6.45, 7) is 9.55. The number of halogens is 1. The SMILES string of the molecule is CC(C)[C@@H]1C[C@H](O)[C@H](C)C[C@H](C)C[C@H](C)C(=O)NCC(=O)N(C)C(Cc2ccc(O)c(I)c2)C(=O)O1. The molecule has 6 atom stereocenters. The van der Waals surface area contributed by atoms with E-state index in [9.17, 15) is 24.6 Å². The molecular formula is C27H41IN2O6. The molecule has 8 nitrogen and oxygen atoms in total. The van der Waals surface area contributed by atoms with Crippen LogP contribution < -0.4 is 5.32 Å². The van der Waals surface area contributed by atoms with Crippen molar-refractivity contribution in [3.05, 3.63) is 27.3 Å². The van der Waals surface area contributed by atoms with E-state index in [2.05, 4.69) is 12.2 Å². The first-order valence-corrected chi connectivity index (χ1v) is 13.8. The zero-order valence-corrected chi connectivity index (χ0v) is 24.3. The van der Waals surface area contributed by atoms with E-state index in [4.69, 9.17) is 4.74 Å². The van der Waals surface area contributed by atoms with Crippen molar-refractivity contribution in [3.63, 3.8) is 0 Å². The maximum Gasteiger partial charge on any atom is 0.329 e. The Hall–Kier alpha value is -1.88. The summed E-state index contributed by atoms with van der Waals surface area (Å²) < 4.78 is 6.56. The predicted molar refractivity (Wildman–Crippen MR) is 146 cm³/mol. The second kappa shape index (κ2) is 13.6. The molecule has 36 heavy (non-hydrogen) atoms. The van der Waals surface area contributed by atoms with Gasteiger partial charge in [-0.25, -0.2) is 4.79 Å². The monoisotopic (exact) mass is 616 g/mol. The van der Waals surface area contributed by atoms with Crippen LogP contribution in [0.25, 0.3) is 0 Å². The highest BCUT2D eigenvalue weighted by atomic mass is 127. The van der Waals surface area contributed by atoms with Crippen LogP contribution in [0, 0.1) is 27.2 Å². The average molecular weight is 617 g/mol. The lowest BCUT2D eigenvalue weighted by atomic mass is 9.84. The van der Waals surface area contributed by atoms with Gasteiger partial charge >= 0.3 is 5.97 Å². The maximum atomic E-state index is 13.5. The Kier molecular flexibility index (Phi) is 11.5. The smallest absolute Gasteiger partial charge is 0.329 e. The van der Waals surface area contributed by atoms with E-state index in [0.717, 1.165) is 12.0 Å². The molecule has 1 aromatic rings. The molecule has 1 heterocycles. The number of phenols is 1. The number of hydrogen-bond donors (Lipinski definition) is 3. The average Bonchev–Trinajstić information content (AvgIpc) is 2.80. The van der Waals surface area contributed by atoms with Crippen molar-refractivity contribution in [2.45, 2.75) is 78.6 Å². The number of aliphatic hydroxyl groups is 1. The summed E-state index contributed by atoms with van der Waals surface area (Å²) in [7, 11) is 1.53. The molecule has 1 aliphatic heterocycles. The van der Waals surface area contributed by atoms with Crippen LogP contribution in [0.2, 0.25) is 0 Å². The number of cyclic esters (lactones) is 1. The number of nitrogens with zero attached hydrogens (tertiary/aromatic N) is 1. The van der Waals surface area contributed by atoms with E-state index in [1.54, 1.807) is 18.2 Å². The molecule has 1 unspecified atom stereocenters. The van der Waals surface area contributed by atoms with Gasteiger partial charge in [-0.3, -0.25) is 9.59 Å². The fraction of sp³-hybridized carbons (Fsp3) is 0.667. The molecule has 1 aliphatic rings. The number of amides is 2. The first-order chi connectivity index (χ1) is 16.8. The van der Waals surface area contributed by atoms with Gasteiger partial charge in [0.05, 0.1) is 16.2 Å². The van der Waals surface area contributed by atoms with Crippen LogP contribution in [0.1, 0.15) is 59.4 Å². The number of ether oxygens (including phenoxy) is 1. The Balaban J connectivity index is 2.38. The number of carbonyl (C=O) groups excluding carboxylic acids is 3. The zero-order chi connectivity index (χ0) is 27.2. The number of esters is 1. The topological polar surface area (TPSA) is 116 Å². The van der Waals surface area contributed by atoms with Crippen LogP contribution in [-0.2, 0) is 25.5 Å². The van der Waals surface area contributed by atoms with Gasteiger partial charge in [0.2, 0.25) is 11.8 Å². The molecule has 1 fully saturated rings. The van der Waals surface area contributed by atoms with Crippen molar-refractivity contribution in [1.29, 1.82) is 0 Å². The van der Waals surface area contributed by atoms with Gasteiger partial charge in [0.15, 0.2) is 0 Å². The minimum atomic E-state index is -0.934. The van der Waals surface area contributed by atoms with Gasteiger partial charge in [-0.2, -0.15) is 0 Å². The standard InChI is InChI=1S/C27H41IN2O6/c1-15(2)24-13-23(32)17(4)9-16(3)10-18(5)26(34)29-14-25(33)30(6)21(27(35)36-24)12-19-7-8-22(31)20(28)11-19/h7-8,11,15-18,21,23-24,31-32H,9-10,12-14H2,1-6H3,(H,29,34)/t16-,17+,18-,21?,23-,24-/m0/s1. The Morgan fingerprint density at radius 3 is 2.42 bits per heavy atom. The number of rotatable bonds is 3. The van der Waals surface area contributed by atoms with E-state index in [1.165, 1.54) is 11.9 Å². The van der Waals surface area contributed by atoms with Crippen LogP contribution in [0.4, 0.5) is 0 Å². The summed E-state index contributed by atoms with van der Waals surface area (Å²) in [5.74, 6) is -1.16.